The summed E-state index contributed by atoms with van der Waals surface area (Å²) >= 11 is 0. The average Bonchev–Trinajstić information content (AvgIpc) is 2.71. The molecule has 72 valence electrons. The van der Waals surface area contributed by atoms with Crippen molar-refractivity contribution in [1.29, 1.82) is 0 Å². The Hall–Kier alpha value is -0.870. The second-order valence-electron chi connectivity index (χ2n) is 3.57. The van der Waals surface area contributed by atoms with E-state index in [1.165, 1.54) is 0 Å². The second kappa shape index (κ2) is 3.47. The van der Waals surface area contributed by atoms with Crippen molar-refractivity contribution in [3.8, 4) is 0 Å². The van der Waals surface area contributed by atoms with Crippen LogP contribution >= 0.6 is 0 Å². The molecule has 1 fully saturated rings. The summed E-state index contributed by atoms with van der Waals surface area (Å²) in [5.41, 5.74) is 0. The van der Waals surface area contributed by atoms with E-state index in [4.69, 9.17) is 9.52 Å². The molecule has 1 atom stereocenters. The molecule has 2 heterocycles. The lowest BCUT2D eigenvalue weighted by Crippen LogP contribution is -2.13. The van der Waals surface area contributed by atoms with E-state index in [-0.39, 0.29) is 6.61 Å². The molecule has 1 aromatic heterocycles. The van der Waals surface area contributed by atoms with Gasteiger partial charge in [0.1, 0.15) is 12.4 Å². The maximum Gasteiger partial charge on any atom is 0.198 e. The Kier molecular flexibility index (Phi) is 2.33. The van der Waals surface area contributed by atoms with Crippen molar-refractivity contribution < 1.29 is 9.52 Å². The van der Waals surface area contributed by atoms with Crippen LogP contribution in [0.3, 0.4) is 0 Å². The molecule has 1 aromatic rings. The predicted molar refractivity (Wildman–Crippen MR) is 47.3 cm³/mol. The molecule has 13 heavy (non-hydrogen) atoms. The van der Waals surface area contributed by atoms with Gasteiger partial charge in [-0.1, -0.05) is 0 Å². The van der Waals surface area contributed by atoms with Gasteiger partial charge in [-0.05, 0) is 20.0 Å². The van der Waals surface area contributed by atoms with E-state index in [9.17, 15) is 0 Å². The quantitative estimate of drug-likeness (QED) is 0.727. The Morgan fingerprint density at radius 3 is 3.15 bits per heavy atom. The standard InChI is InChI=1S/C9H14N2O2/c1-11-3-2-7(5-11)9-10-4-8(6-12)13-9/h4,7,12H,2-3,5-6H2,1H3. The largest absolute Gasteiger partial charge is 0.443 e. The van der Waals surface area contributed by atoms with Gasteiger partial charge in [0, 0.05) is 12.5 Å². The number of rotatable bonds is 2. The molecule has 0 spiro atoms. The molecule has 1 saturated heterocycles. The molecule has 1 aliphatic heterocycles. The number of likely N-dealkylation sites (N-methyl/N-ethyl adjacent to an activating group) is 1. The third-order valence-corrected chi connectivity index (χ3v) is 2.47. The lowest BCUT2D eigenvalue weighted by atomic mass is 10.1. The van der Waals surface area contributed by atoms with Crippen molar-refractivity contribution >= 4 is 0 Å². The van der Waals surface area contributed by atoms with E-state index in [2.05, 4.69) is 16.9 Å². The topological polar surface area (TPSA) is 49.5 Å². The van der Waals surface area contributed by atoms with Crippen LogP contribution in [0.5, 0.6) is 0 Å². The fourth-order valence-corrected chi connectivity index (χ4v) is 1.72. The van der Waals surface area contributed by atoms with Crippen molar-refractivity contribution in [1.82, 2.24) is 9.88 Å². The Balaban J connectivity index is 2.08. The van der Waals surface area contributed by atoms with Gasteiger partial charge in [0.15, 0.2) is 5.89 Å². The number of likely N-dealkylation sites (tertiary alicyclic amines) is 1. The number of aromatic nitrogens is 1. The van der Waals surface area contributed by atoms with E-state index in [0.29, 0.717) is 11.7 Å². The highest BCUT2D eigenvalue weighted by Gasteiger charge is 2.24. The zero-order valence-corrected chi connectivity index (χ0v) is 7.73. The molecule has 0 radical (unpaired) electrons. The number of nitrogens with zero attached hydrogens (tertiary/aromatic N) is 2. The van der Waals surface area contributed by atoms with Crippen LogP contribution in [0, 0.1) is 0 Å². The molecule has 1 N–H and O–H groups in total. The summed E-state index contributed by atoms with van der Waals surface area (Å²) in [7, 11) is 2.09. The summed E-state index contributed by atoms with van der Waals surface area (Å²) < 4.78 is 5.38. The van der Waals surface area contributed by atoms with E-state index in [1.807, 2.05) is 0 Å². The maximum absolute atomic E-state index is 8.80. The molecular weight excluding hydrogens is 168 g/mol. The SMILES string of the molecule is CN1CCC(c2ncc(CO)o2)C1. The molecule has 1 aliphatic rings. The van der Waals surface area contributed by atoms with Crippen LogP contribution in [0.15, 0.2) is 10.6 Å². The lowest BCUT2D eigenvalue weighted by Gasteiger charge is -2.05. The van der Waals surface area contributed by atoms with Gasteiger partial charge in [0.25, 0.3) is 0 Å². The maximum atomic E-state index is 8.80. The molecule has 4 nitrogen and oxygen atoms in total. The molecule has 0 amide bonds. The second-order valence-corrected chi connectivity index (χ2v) is 3.57. The van der Waals surface area contributed by atoms with Gasteiger partial charge in [0.05, 0.1) is 6.20 Å². The van der Waals surface area contributed by atoms with Crippen LogP contribution in [0.4, 0.5) is 0 Å². The third kappa shape index (κ3) is 1.73. The van der Waals surface area contributed by atoms with Gasteiger partial charge in [-0.25, -0.2) is 4.98 Å². The van der Waals surface area contributed by atoms with Gasteiger partial charge in [0.2, 0.25) is 0 Å². The van der Waals surface area contributed by atoms with Crippen LogP contribution in [0.1, 0.15) is 24.0 Å². The first-order valence-electron chi connectivity index (χ1n) is 4.53. The zero-order chi connectivity index (χ0) is 9.26. The van der Waals surface area contributed by atoms with Gasteiger partial charge in [-0.15, -0.1) is 0 Å². The monoisotopic (exact) mass is 182 g/mol. The Morgan fingerprint density at radius 1 is 1.77 bits per heavy atom. The average molecular weight is 182 g/mol. The lowest BCUT2D eigenvalue weighted by molar-refractivity contribution is 0.240. The van der Waals surface area contributed by atoms with Crippen LogP contribution in [0.25, 0.3) is 0 Å². The van der Waals surface area contributed by atoms with E-state index >= 15 is 0 Å². The summed E-state index contributed by atoms with van der Waals surface area (Å²) in [6, 6.07) is 0. The number of aliphatic hydroxyl groups is 1. The van der Waals surface area contributed by atoms with Gasteiger partial charge < -0.3 is 14.4 Å². The van der Waals surface area contributed by atoms with Crippen LogP contribution < -0.4 is 0 Å². The molecule has 4 heteroatoms. The summed E-state index contributed by atoms with van der Waals surface area (Å²) in [4.78, 5) is 6.41. The van der Waals surface area contributed by atoms with Crippen molar-refractivity contribution in [3.63, 3.8) is 0 Å². The summed E-state index contributed by atoms with van der Waals surface area (Å²) in [5.74, 6) is 1.74. The van der Waals surface area contributed by atoms with Crippen LogP contribution in [0.2, 0.25) is 0 Å². The zero-order valence-electron chi connectivity index (χ0n) is 7.73. The number of hydrogen-bond donors (Lipinski definition) is 1. The minimum atomic E-state index is -0.0600. The highest BCUT2D eigenvalue weighted by Crippen LogP contribution is 2.25. The first-order valence-corrected chi connectivity index (χ1v) is 4.53. The van der Waals surface area contributed by atoms with Gasteiger partial charge in [-0.3, -0.25) is 0 Å². The van der Waals surface area contributed by atoms with Crippen molar-refractivity contribution in [2.45, 2.75) is 18.9 Å². The molecule has 0 aromatic carbocycles. The molecule has 2 rings (SSSR count). The number of aliphatic hydroxyl groups excluding tert-OH is 1. The minimum absolute atomic E-state index is 0.0600. The molecule has 0 aliphatic carbocycles. The fraction of sp³-hybridized carbons (Fsp3) is 0.667. The van der Waals surface area contributed by atoms with Crippen LogP contribution in [-0.2, 0) is 6.61 Å². The molecule has 1 unspecified atom stereocenters. The third-order valence-electron chi connectivity index (χ3n) is 2.47. The Bertz CT molecular complexity index is 285. The van der Waals surface area contributed by atoms with E-state index in [1.54, 1.807) is 6.20 Å². The Labute approximate surface area is 77.2 Å². The molecular formula is C9H14N2O2. The first-order chi connectivity index (χ1) is 6.29. The minimum Gasteiger partial charge on any atom is -0.443 e. The van der Waals surface area contributed by atoms with Crippen molar-refractivity contribution in [2.75, 3.05) is 20.1 Å². The highest BCUT2D eigenvalue weighted by atomic mass is 16.4. The number of hydrogen-bond acceptors (Lipinski definition) is 4. The van der Waals surface area contributed by atoms with Crippen molar-refractivity contribution in [3.05, 3.63) is 17.8 Å². The first kappa shape index (κ1) is 8.72. The normalized spacial score (nSPS) is 24.0. The fourth-order valence-electron chi connectivity index (χ4n) is 1.72. The Morgan fingerprint density at radius 2 is 2.62 bits per heavy atom. The van der Waals surface area contributed by atoms with Gasteiger partial charge in [-0.2, -0.15) is 0 Å². The van der Waals surface area contributed by atoms with Crippen LogP contribution in [-0.4, -0.2) is 35.1 Å². The smallest absolute Gasteiger partial charge is 0.198 e. The molecule has 0 bridgehead atoms. The highest BCUT2D eigenvalue weighted by molar-refractivity contribution is 5.01. The molecule has 0 saturated carbocycles. The predicted octanol–water partition coefficient (Wildman–Crippen LogP) is 0.586. The van der Waals surface area contributed by atoms with E-state index < -0.39 is 0 Å². The van der Waals surface area contributed by atoms with E-state index in [0.717, 1.165) is 25.4 Å². The summed E-state index contributed by atoms with van der Waals surface area (Å²) in [6.07, 6.45) is 2.70. The number of oxazole rings is 1. The summed E-state index contributed by atoms with van der Waals surface area (Å²) in [5, 5.41) is 8.80. The van der Waals surface area contributed by atoms with Crippen molar-refractivity contribution in [2.24, 2.45) is 0 Å². The van der Waals surface area contributed by atoms with Gasteiger partial charge >= 0.3 is 0 Å². The summed E-state index contributed by atoms with van der Waals surface area (Å²) in [6.45, 7) is 2.04.